The zero-order chi connectivity index (χ0) is 17.2. The van der Waals surface area contributed by atoms with Crippen LogP contribution < -0.4 is 0 Å². The van der Waals surface area contributed by atoms with Crippen molar-refractivity contribution < 1.29 is 9.53 Å². The number of hydrogen-bond donors (Lipinski definition) is 0. The fourth-order valence-corrected chi connectivity index (χ4v) is 4.00. The van der Waals surface area contributed by atoms with Gasteiger partial charge >= 0.3 is 0 Å². The third kappa shape index (κ3) is 3.29. The van der Waals surface area contributed by atoms with Crippen LogP contribution in [0.5, 0.6) is 0 Å². The highest BCUT2D eigenvalue weighted by atomic mass is 32.1. The predicted molar refractivity (Wildman–Crippen MR) is 95.8 cm³/mol. The normalized spacial score (nSPS) is 17.2. The maximum Gasteiger partial charge on any atom is 0.273 e. The summed E-state index contributed by atoms with van der Waals surface area (Å²) < 4.78 is 7.63. The van der Waals surface area contributed by atoms with E-state index in [1.807, 2.05) is 46.0 Å². The first kappa shape index (κ1) is 16.2. The predicted octanol–water partition coefficient (Wildman–Crippen LogP) is 2.92. The molecule has 1 amide bonds. The number of carbonyl (C=O) groups is 1. The Balaban J connectivity index is 1.64. The number of amides is 1. The van der Waals surface area contributed by atoms with Gasteiger partial charge in [-0.05, 0) is 31.9 Å². The van der Waals surface area contributed by atoms with E-state index in [4.69, 9.17) is 4.74 Å². The number of nitrogens with zero attached hydrogens (tertiary/aromatic N) is 4. The van der Waals surface area contributed by atoms with E-state index in [2.05, 4.69) is 9.97 Å². The molecule has 4 heterocycles. The summed E-state index contributed by atoms with van der Waals surface area (Å²) in [6.45, 7) is 3.71. The largest absolute Gasteiger partial charge is 0.376 e. The van der Waals surface area contributed by atoms with Crippen LogP contribution >= 0.6 is 11.3 Å². The van der Waals surface area contributed by atoms with Gasteiger partial charge in [0.25, 0.3) is 5.91 Å². The second-order valence-electron chi connectivity index (χ2n) is 6.24. The average molecular weight is 356 g/mol. The van der Waals surface area contributed by atoms with Crippen molar-refractivity contribution in [3.8, 4) is 0 Å². The maximum absolute atomic E-state index is 13.3. The lowest BCUT2D eigenvalue weighted by Crippen LogP contribution is -2.38. The molecule has 0 N–H and O–H groups in total. The summed E-state index contributed by atoms with van der Waals surface area (Å²) >= 11 is 1.53. The van der Waals surface area contributed by atoms with E-state index in [0.29, 0.717) is 18.8 Å². The van der Waals surface area contributed by atoms with Gasteiger partial charge in [-0.3, -0.25) is 14.2 Å². The molecule has 4 rings (SSSR count). The van der Waals surface area contributed by atoms with Crippen LogP contribution in [0, 0.1) is 6.92 Å². The number of thiazole rings is 1. The zero-order valence-electron chi connectivity index (χ0n) is 14.1. The molecule has 0 bridgehead atoms. The van der Waals surface area contributed by atoms with E-state index in [1.54, 1.807) is 6.20 Å². The standard InChI is InChI=1S/C18H20N4O2S/c1-13-16(22-8-10-25-18(22)20-13)17(23)21(12-15-6-4-9-24-15)11-14-5-2-3-7-19-14/h2-3,5,7-8,10,15H,4,6,9,11-12H2,1H3. The van der Waals surface area contributed by atoms with Crippen molar-refractivity contribution in [3.63, 3.8) is 0 Å². The molecule has 6 nitrogen and oxygen atoms in total. The molecule has 1 aliphatic rings. The number of hydrogen-bond acceptors (Lipinski definition) is 5. The number of ether oxygens (including phenoxy) is 1. The number of pyridine rings is 1. The number of fused-ring (bicyclic) bond motifs is 1. The van der Waals surface area contributed by atoms with Gasteiger partial charge in [-0.2, -0.15) is 0 Å². The van der Waals surface area contributed by atoms with Crippen LogP contribution in [0.1, 0.15) is 34.7 Å². The van der Waals surface area contributed by atoms with Gasteiger partial charge < -0.3 is 9.64 Å². The van der Waals surface area contributed by atoms with Gasteiger partial charge in [0.1, 0.15) is 5.69 Å². The molecule has 1 fully saturated rings. The summed E-state index contributed by atoms with van der Waals surface area (Å²) in [5, 5.41) is 1.95. The number of aromatic nitrogens is 3. The SMILES string of the molecule is Cc1nc2sccn2c1C(=O)N(Cc1ccccn1)CC1CCCO1. The van der Waals surface area contributed by atoms with Crippen molar-refractivity contribution in [2.24, 2.45) is 0 Å². The molecule has 1 aliphatic heterocycles. The third-order valence-electron chi connectivity index (χ3n) is 4.45. The minimum atomic E-state index is -0.0236. The van der Waals surface area contributed by atoms with Crippen LogP contribution in [-0.4, -0.2) is 44.4 Å². The molecule has 1 saturated heterocycles. The maximum atomic E-state index is 13.3. The molecule has 130 valence electrons. The van der Waals surface area contributed by atoms with Crippen LogP contribution in [0.4, 0.5) is 0 Å². The monoisotopic (exact) mass is 356 g/mol. The van der Waals surface area contributed by atoms with Crippen LogP contribution in [0.3, 0.4) is 0 Å². The molecular formula is C18H20N4O2S. The molecule has 0 spiro atoms. The van der Waals surface area contributed by atoms with E-state index >= 15 is 0 Å². The van der Waals surface area contributed by atoms with E-state index < -0.39 is 0 Å². The quantitative estimate of drug-likeness (QED) is 0.705. The van der Waals surface area contributed by atoms with Gasteiger partial charge in [0, 0.05) is 30.9 Å². The lowest BCUT2D eigenvalue weighted by atomic mass is 10.2. The lowest BCUT2D eigenvalue weighted by Gasteiger charge is -2.25. The van der Waals surface area contributed by atoms with E-state index in [-0.39, 0.29) is 12.0 Å². The molecule has 25 heavy (non-hydrogen) atoms. The van der Waals surface area contributed by atoms with E-state index in [9.17, 15) is 4.79 Å². The molecule has 1 atom stereocenters. The lowest BCUT2D eigenvalue weighted by molar-refractivity contribution is 0.0498. The number of carbonyl (C=O) groups excluding carboxylic acids is 1. The first-order valence-corrected chi connectivity index (χ1v) is 9.33. The first-order valence-electron chi connectivity index (χ1n) is 8.45. The highest BCUT2D eigenvalue weighted by Gasteiger charge is 2.27. The molecule has 7 heteroatoms. The molecule has 1 unspecified atom stereocenters. The molecule has 0 aliphatic carbocycles. The smallest absolute Gasteiger partial charge is 0.273 e. The molecule has 0 saturated carbocycles. The fraction of sp³-hybridized carbons (Fsp3) is 0.389. The molecule has 0 radical (unpaired) electrons. The summed E-state index contributed by atoms with van der Waals surface area (Å²) in [4.78, 5) is 24.9. The van der Waals surface area contributed by atoms with Gasteiger partial charge in [0.15, 0.2) is 4.96 Å². The zero-order valence-corrected chi connectivity index (χ0v) is 14.9. The van der Waals surface area contributed by atoms with Crippen molar-refractivity contribution in [1.29, 1.82) is 0 Å². The third-order valence-corrected chi connectivity index (χ3v) is 5.21. The molecule has 3 aromatic heterocycles. The van der Waals surface area contributed by atoms with Crippen LogP contribution in [0.2, 0.25) is 0 Å². The van der Waals surface area contributed by atoms with Gasteiger partial charge in [0.2, 0.25) is 0 Å². The average Bonchev–Trinajstić information content (AvgIpc) is 3.32. The minimum Gasteiger partial charge on any atom is -0.376 e. The molecular weight excluding hydrogens is 336 g/mol. The summed E-state index contributed by atoms with van der Waals surface area (Å²) in [5.74, 6) is -0.0236. The topological polar surface area (TPSA) is 59.7 Å². The second-order valence-corrected chi connectivity index (χ2v) is 7.12. The summed E-state index contributed by atoms with van der Waals surface area (Å²) in [6.07, 6.45) is 5.80. The Labute approximate surface area is 150 Å². The summed E-state index contributed by atoms with van der Waals surface area (Å²) in [7, 11) is 0. The Morgan fingerprint density at radius 1 is 1.48 bits per heavy atom. The Hall–Kier alpha value is -2.25. The van der Waals surface area contributed by atoms with Gasteiger partial charge in [-0.15, -0.1) is 11.3 Å². The molecule has 3 aromatic rings. The van der Waals surface area contributed by atoms with Crippen molar-refractivity contribution in [2.75, 3.05) is 13.2 Å². The Morgan fingerprint density at radius 3 is 3.16 bits per heavy atom. The van der Waals surface area contributed by atoms with Crippen molar-refractivity contribution in [2.45, 2.75) is 32.4 Å². The number of imidazole rings is 1. The highest BCUT2D eigenvalue weighted by molar-refractivity contribution is 7.15. The minimum absolute atomic E-state index is 0.0236. The highest BCUT2D eigenvalue weighted by Crippen LogP contribution is 2.21. The van der Waals surface area contributed by atoms with Crippen LogP contribution in [0.25, 0.3) is 4.96 Å². The first-order chi connectivity index (χ1) is 12.2. The van der Waals surface area contributed by atoms with Crippen molar-refractivity contribution in [3.05, 3.63) is 53.1 Å². The van der Waals surface area contributed by atoms with Crippen LogP contribution in [-0.2, 0) is 11.3 Å². The Bertz CT molecular complexity index is 868. The van der Waals surface area contributed by atoms with Gasteiger partial charge in [-0.1, -0.05) is 6.07 Å². The van der Waals surface area contributed by atoms with Gasteiger partial charge in [0.05, 0.1) is 24.0 Å². The fourth-order valence-electron chi connectivity index (χ4n) is 3.24. The second kappa shape index (κ2) is 6.93. The Morgan fingerprint density at radius 2 is 2.40 bits per heavy atom. The summed E-state index contributed by atoms with van der Waals surface area (Å²) in [6, 6.07) is 5.77. The van der Waals surface area contributed by atoms with E-state index in [1.165, 1.54) is 11.3 Å². The Kier molecular flexibility index (Phi) is 4.50. The van der Waals surface area contributed by atoms with Crippen molar-refractivity contribution in [1.82, 2.24) is 19.3 Å². The van der Waals surface area contributed by atoms with Gasteiger partial charge in [-0.25, -0.2) is 4.98 Å². The number of aryl methyl sites for hydroxylation is 1. The number of rotatable bonds is 5. The van der Waals surface area contributed by atoms with Crippen LogP contribution in [0.15, 0.2) is 36.0 Å². The van der Waals surface area contributed by atoms with Crippen molar-refractivity contribution >= 4 is 22.2 Å². The van der Waals surface area contributed by atoms with E-state index in [0.717, 1.165) is 35.8 Å². The summed E-state index contributed by atoms with van der Waals surface area (Å²) in [5.41, 5.74) is 2.26. The molecule has 0 aromatic carbocycles.